The Kier molecular flexibility index (Phi) is 7.20. The van der Waals surface area contributed by atoms with Gasteiger partial charge in [0.05, 0.1) is 6.54 Å². The number of nitrogens with zero attached hydrogens (tertiary/aromatic N) is 3. The SMILES string of the molecule is CCCCNC(N)=NCC(C)N1CCN(c2ccccc2)CC1. The number of hydrogen-bond donors (Lipinski definition) is 2. The highest BCUT2D eigenvalue weighted by Gasteiger charge is 2.20. The molecule has 0 saturated carbocycles. The Balaban J connectivity index is 1.73. The predicted octanol–water partition coefficient (Wildman–Crippen LogP) is 1.90. The molecule has 0 aliphatic carbocycles. The third kappa shape index (κ3) is 5.75. The summed E-state index contributed by atoms with van der Waals surface area (Å²) in [5.74, 6) is 0.577. The van der Waals surface area contributed by atoms with E-state index in [2.05, 4.69) is 64.3 Å². The minimum Gasteiger partial charge on any atom is -0.370 e. The van der Waals surface area contributed by atoms with Crippen LogP contribution in [0.2, 0.25) is 0 Å². The van der Waals surface area contributed by atoms with Crippen molar-refractivity contribution in [2.75, 3.05) is 44.2 Å². The topological polar surface area (TPSA) is 56.9 Å². The predicted molar refractivity (Wildman–Crippen MR) is 99.1 cm³/mol. The van der Waals surface area contributed by atoms with Gasteiger partial charge in [-0.15, -0.1) is 0 Å². The average molecular weight is 317 g/mol. The normalized spacial score (nSPS) is 18.0. The zero-order valence-corrected chi connectivity index (χ0v) is 14.5. The van der Waals surface area contributed by atoms with Crippen molar-refractivity contribution in [3.8, 4) is 0 Å². The number of rotatable bonds is 7. The number of guanidine groups is 1. The van der Waals surface area contributed by atoms with Crippen LogP contribution in [0.25, 0.3) is 0 Å². The van der Waals surface area contributed by atoms with E-state index in [9.17, 15) is 0 Å². The number of piperazine rings is 1. The summed E-state index contributed by atoms with van der Waals surface area (Å²) in [5.41, 5.74) is 7.22. The number of para-hydroxylation sites is 1. The largest absolute Gasteiger partial charge is 0.370 e. The lowest BCUT2D eigenvalue weighted by molar-refractivity contribution is 0.201. The highest BCUT2D eigenvalue weighted by atomic mass is 15.3. The number of benzene rings is 1. The Bertz CT molecular complexity index is 466. The van der Waals surface area contributed by atoms with Crippen LogP contribution < -0.4 is 16.0 Å². The van der Waals surface area contributed by atoms with Crippen molar-refractivity contribution in [1.82, 2.24) is 10.2 Å². The molecule has 1 heterocycles. The molecular weight excluding hydrogens is 286 g/mol. The van der Waals surface area contributed by atoms with Crippen LogP contribution in [0.3, 0.4) is 0 Å². The van der Waals surface area contributed by atoms with Crippen molar-refractivity contribution in [1.29, 1.82) is 0 Å². The first-order valence-corrected chi connectivity index (χ1v) is 8.78. The highest BCUT2D eigenvalue weighted by Crippen LogP contribution is 2.16. The van der Waals surface area contributed by atoms with E-state index in [0.29, 0.717) is 12.0 Å². The van der Waals surface area contributed by atoms with Gasteiger partial charge in [0.15, 0.2) is 5.96 Å². The number of aliphatic imine (C=N–C) groups is 1. The quantitative estimate of drug-likeness (QED) is 0.458. The van der Waals surface area contributed by atoms with Crippen molar-refractivity contribution in [3.63, 3.8) is 0 Å². The lowest BCUT2D eigenvalue weighted by Crippen LogP contribution is -2.50. The molecule has 5 heteroatoms. The molecule has 1 aliphatic rings. The number of unbranched alkanes of at least 4 members (excludes halogenated alkanes) is 1. The summed E-state index contributed by atoms with van der Waals surface area (Å²) in [5, 5.41) is 3.17. The van der Waals surface area contributed by atoms with E-state index in [0.717, 1.165) is 45.7 Å². The van der Waals surface area contributed by atoms with Crippen molar-refractivity contribution >= 4 is 11.6 Å². The zero-order valence-electron chi connectivity index (χ0n) is 14.5. The van der Waals surface area contributed by atoms with E-state index in [1.807, 2.05) is 0 Å². The Morgan fingerprint density at radius 3 is 2.57 bits per heavy atom. The number of anilines is 1. The van der Waals surface area contributed by atoms with Crippen LogP contribution in [-0.2, 0) is 0 Å². The minimum absolute atomic E-state index is 0.430. The summed E-state index contributed by atoms with van der Waals surface area (Å²) < 4.78 is 0. The second-order valence-electron chi connectivity index (χ2n) is 6.21. The summed E-state index contributed by atoms with van der Waals surface area (Å²) in [6.45, 7) is 10.4. The molecule has 0 aromatic heterocycles. The molecule has 23 heavy (non-hydrogen) atoms. The maximum absolute atomic E-state index is 5.90. The van der Waals surface area contributed by atoms with E-state index in [4.69, 9.17) is 5.73 Å². The van der Waals surface area contributed by atoms with Crippen LogP contribution >= 0.6 is 0 Å². The van der Waals surface area contributed by atoms with E-state index in [1.165, 1.54) is 12.1 Å². The monoisotopic (exact) mass is 317 g/mol. The van der Waals surface area contributed by atoms with Crippen LogP contribution in [0.5, 0.6) is 0 Å². The summed E-state index contributed by atoms with van der Waals surface area (Å²) in [6, 6.07) is 11.1. The van der Waals surface area contributed by atoms with Crippen LogP contribution in [0.1, 0.15) is 26.7 Å². The first kappa shape index (κ1) is 17.6. The van der Waals surface area contributed by atoms with Crippen LogP contribution in [0, 0.1) is 0 Å². The third-order valence-corrected chi connectivity index (χ3v) is 4.42. The van der Waals surface area contributed by atoms with Crippen LogP contribution in [0.15, 0.2) is 35.3 Å². The summed E-state index contributed by atoms with van der Waals surface area (Å²) >= 11 is 0. The van der Waals surface area contributed by atoms with Gasteiger partial charge in [-0.25, -0.2) is 0 Å². The number of nitrogens with one attached hydrogen (secondary N) is 1. The Morgan fingerprint density at radius 2 is 1.91 bits per heavy atom. The molecule has 1 fully saturated rings. The van der Waals surface area contributed by atoms with Gasteiger partial charge in [-0.3, -0.25) is 9.89 Å². The molecule has 3 N–H and O–H groups in total. The van der Waals surface area contributed by atoms with E-state index in [1.54, 1.807) is 0 Å². The fraction of sp³-hybridized carbons (Fsp3) is 0.611. The van der Waals surface area contributed by atoms with Crippen molar-refractivity contribution in [2.45, 2.75) is 32.7 Å². The van der Waals surface area contributed by atoms with E-state index in [-0.39, 0.29) is 0 Å². The lowest BCUT2D eigenvalue weighted by atomic mass is 10.2. The van der Waals surface area contributed by atoms with Gasteiger partial charge >= 0.3 is 0 Å². The van der Waals surface area contributed by atoms with Gasteiger partial charge in [0.1, 0.15) is 0 Å². The molecule has 128 valence electrons. The molecule has 0 radical (unpaired) electrons. The van der Waals surface area contributed by atoms with Gasteiger partial charge in [0.2, 0.25) is 0 Å². The third-order valence-electron chi connectivity index (χ3n) is 4.42. The molecule has 1 saturated heterocycles. The maximum atomic E-state index is 5.90. The Morgan fingerprint density at radius 1 is 1.22 bits per heavy atom. The summed E-state index contributed by atoms with van der Waals surface area (Å²) in [7, 11) is 0. The van der Waals surface area contributed by atoms with Crippen molar-refractivity contribution in [2.24, 2.45) is 10.7 Å². The molecule has 1 aliphatic heterocycles. The summed E-state index contributed by atoms with van der Waals surface area (Å²) in [4.78, 5) is 9.43. The van der Waals surface area contributed by atoms with Gasteiger partial charge in [-0.05, 0) is 25.5 Å². The van der Waals surface area contributed by atoms with Gasteiger partial charge in [0, 0.05) is 44.5 Å². The molecule has 0 bridgehead atoms. The smallest absolute Gasteiger partial charge is 0.188 e. The minimum atomic E-state index is 0.430. The Hall–Kier alpha value is -1.75. The molecule has 1 atom stereocenters. The molecule has 5 nitrogen and oxygen atoms in total. The number of nitrogens with two attached hydrogens (primary N) is 1. The van der Waals surface area contributed by atoms with E-state index >= 15 is 0 Å². The molecule has 1 aromatic carbocycles. The molecule has 2 rings (SSSR count). The van der Waals surface area contributed by atoms with Gasteiger partial charge in [-0.2, -0.15) is 0 Å². The molecule has 1 unspecified atom stereocenters. The fourth-order valence-electron chi connectivity index (χ4n) is 2.85. The maximum Gasteiger partial charge on any atom is 0.188 e. The molecule has 0 spiro atoms. The highest BCUT2D eigenvalue weighted by molar-refractivity contribution is 5.77. The molecule has 0 amide bonds. The van der Waals surface area contributed by atoms with Gasteiger partial charge < -0.3 is 16.0 Å². The van der Waals surface area contributed by atoms with E-state index < -0.39 is 0 Å². The molecule has 1 aromatic rings. The fourth-order valence-corrected chi connectivity index (χ4v) is 2.85. The summed E-state index contributed by atoms with van der Waals surface area (Å²) in [6.07, 6.45) is 2.30. The lowest BCUT2D eigenvalue weighted by Gasteiger charge is -2.38. The second kappa shape index (κ2) is 9.40. The zero-order chi connectivity index (χ0) is 16.5. The van der Waals surface area contributed by atoms with Crippen LogP contribution in [0.4, 0.5) is 5.69 Å². The average Bonchev–Trinajstić information content (AvgIpc) is 2.61. The van der Waals surface area contributed by atoms with Gasteiger partial charge in [-0.1, -0.05) is 31.5 Å². The Labute approximate surface area is 140 Å². The van der Waals surface area contributed by atoms with Gasteiger partial charge in [0.25, 0.3) is 0 Å². The first-order valence-electron chi connectivity index (χ1n) is 8.78. The molecular formula is C18H31N5. The standard InChI is InChI=1S/C18H31N5/c1-3-4-10-20-18(19)21-15-16(2)22-11-13-23(14-12-22)17-8-6-5-7-9-17/h5-9,16H,3-4,10-15H2,1-2H3,(H3,19,20,21). The van der Waals surface area contributed by atoms with Crippen molar-refractivity contribution in [3.05, 3.63) is 30.3 Å². The first-order chi connectivity index (χ1) is 11.2. The second-order valence-corrected chi connectivity index (χ2v) is 6.21. The number of hydrogen-bond acceptors (Lipinski definition) is 3. The van der Waals surface area contributed by atoms with Crippen LogP contribution in [-0.4, -0.2) is 56.2 Å². The van der Waals surface area contributed by atoms with Crippen molar-refractivity contribution < 1.29 is 0 Å².